The monoisotopic (exact) mass is 222 g/mol. The molecular weight excluding hydrogens is 212 g/mol. The quantitative estimate of drug-likeness (QED) is 0.748. The van der Waals surface area contributed by atoms with Crippen LogP contribution in [0.25, 0.3) is 11.3 Å². The van der Waals surface area contributed by atoms with Gasteiger partial charge in [-0.3, -0.25) is 0 Å². The Balaban J connectivity index is 2.66. The van der Waals surface area contributed by atoms with Crippen LogP contribution >= 0.6 is 23.6 Å². The van der Waals surface area contributed by atoms with Crippen LogP contribution in [0.2, 0.25) is 0 Å². The summed E-state index contributed by atoms with van der Waals surface area (Å²) < 4.78 is 0.714. The molecule has 0 aliphatic carbocycles. The van der Waals surface area contributed by atoms with Crippen molar-refractivity contribution in [2.24, 2.45) is 0 Å². The van der Waals surface area contributed by atoms with Crippen molar-refractivity contribution >= 4 is 23.6 Å². The third-order valence-electron chi connectivity index (χ3n) is 2.13. The van der Waals surface area contributed by atoms with Gasteiger partial charge in [0.1, 0.15) is 10.3 Å². The van der Waals surface area contributed by atoms with E-state index in [1.54, 1.807) is 11.3 Å². The predicted octanol–water partition coefficient (Wildman–Crippen LogP) is 3.48. The summed E-state index contributed by atoms with van der Waals surface area (Å²) in [5.74, 6) is 0. The lowest BCUT2D eigenvalue weighted by atomic mass is 10.2. The summed E-state index contributed by atoms with van der Waals surface area (Å²) >= 11 is 6.89. The topological polar surface area (TPSA) is 28.7 Å². The van der Waals surface area contributed by atoms with Gasteiger partial charge in [-0.05, 0) is 25.3 Å². The van der Waals surface area contributed by atoms with Gasteiger partial charge in [0.15, 0.2) is 0 Å². The number of H-pyrrole nitrogens is 1. The van der Waals surface area contributed by atoms with Gasteiger partial charge in [-0.15, -0.1) is 0 Å². The molecule has 0 amide bonds. The number of hydrogen-bond donors (Lipinski definition) is 1. The minimum absolute atomic E-state index is 0.714. The lowest BCUT2D eigenvalue weighted by molar-refractivity contribution is 1.04. The smallest absolute Gasteiger partial charge is 0.130 e. The Hall–Kier alpha value is -1.00. The molecular formula is C10H10N2S2. The van der Waals surface area contributed by atoms with Crippen molar-refractivity contribution in [3.63, 3.8) is 0 Å². The molecule has 0 unspecified atom stereocenters. The molecule has 2 nitrogen and oxygen atoms in total. The van der Waals surface area contributed by atoms with Crippen molar-refractivity contribution in [1.82, 2.24) is 9.97 Å². The molecule has 14 heavy (non-hydrogen) atoms. The summed E-state index contributed by atoms with van der Waals surface area (Å²) in [6.45, 7) is 3.96. The highest BCUT2D eigenvalue weighted by Crippen LogP contribution is 2.21. The summed E-state index contributed by atoms with van der Waals surface area (Å²) in [5, 5.41) is 4.09. The van der Waals surface area contributed by atoms with Gasteiger partial charge in [-0.2, -0.15) is 11.3 Å². The fraction of sp³-hybridized carbons (Fsp3) is 0.200. The summed E-state index contributed by atoms with van der Waals surface area (Å²) in [7, 11) is 0. The van der Waals surface area contributed by atoms with Gasteiger partial charge < -0.3 is 4.98 Å². The second-order valence-electron chi connectivity index (χ2n) is 3.14. The molecule has 0 radical (unpaired) electrons. The molecule has 1 N–H and O–H groups in total. The highest BCUT2D eigenvalue weighted by Gasteiger charge is 2.04. The van der Waals surface area contributed by atoms with Crippen LogP contribution in [0.15, 0.2) is 16.8 Å². The van der Waals surface area contributed by atoms with Gasteiger partial charge in [0.05, 0.1) is 5.69 Å². The van der Waals surface area contributed by atoms with E-state index in [9.17, 15) is 0 Å². The summed E-state index contributed by atoms with van der Waals surface area (Å²) in [6.07, 6.45) is 0. The van der Waals surface area contributed by atoms with E-state index in [1.807, 2.05) is 25.3 Å². The number of aromatic amines is 1. The lowest BCUT2D eigenvalue weighted by Crippen LogP contribution is -1.95. The van der Waals surface area contributed by atoms with Crippen molar-refractivity contribution in [3.8, 4) is 11.3 Å². The third kappa shape index (κ3) is 1.63. The van der Waals surface area contributed by atoms with E-state index in [0.717, 1.165) is 22.6 Å². The molecule has 0 fully saturated rings. The van der Waals surface area contributed by atoms with E-state index in [1.165, 1.54) is 0 Å². The van der Waals surface area contributed by atoms with E-state index in [0.29, 0.717) is 4.64 Å². The molecule has 0 aliphatic heterocycles. The van der Waals surface area contributed by atoms with Crippen LogP contribution in [-0.4, -0.2) is 9.97 Å². The summed E-state index contributed by atoms with van der Waals surface area (Å²) in [6, 6.07) is 2.03. The van der Waals surface area contributed by atoms with Gasteiger partial charge in [0.25, 0.3) is 0 Å². The normalized spacial score (nSPS) is 10.4. The standard InChI is InChI=1S/C10H10N2S2/c1-6-7(2)12-10(13)9(11-6)8-3-4-14-5-8/h3-5H,1-2H3,(H,12,13). The van der Waals surface area contributed by atoms with Crippen LogP contribution in [-0.2, 0) is 0 Å². The molecule has 0 bridgehead atoms. The Kier molecular flexibility index (Phi) is 2.48. The molecule has 2 aromatic rings. The lowest BCUT2D eigenvalue weighted by Gasteiger charge is -2.03. The Morgan fingerprint density at radius 2 is 2.21 bits per heavy atom. The largest absolute Gasteiger partial charge is 0.347 e. The zero-order valence-corrected chi connectivity index (χ0v) is 9.63. The second-order valence-corrected chi connectivity index (χ2v) is 4.33. The fourth-order valence-electron chi connectivity index (χ4n) is 1.22. The summed E-state index contributed by atoms with van der Waals surface area (Å²) in [4.78, 5) is 7.64. The van der Waals surface area contributed by atoms with Crippen LogP contribution in [0.3, 0.4) is 0 Å². The molecule has 2 aromatic heterocycles. The Bertz CT molecular complexity index is 497. The molecule has 2 heterocycles. The van der Waals surface area contributed by atoms with Crippen LogP contribution in [0.4, 0.5) is 0 Å². The van der Waals surface area contributed by atoms with E-state index < -0.39 is 0 Å². The molecule has 0 aliphatic rings. The highest BCUT2D eigenvalue weighted by atomic mass is 32.1. The number of nitrogens with one attached hydrogen (secondary N) is 1. The third-order valence-corrected chi connectivity index (χ3v) is 3.11. The number of nitrogens with zero attached hydrogens (tertiary/aromatic N) is 1. The molecule has 0 saturated carbocycles. The van der Waals surface area contributed by atoms with Gasteiger partial charge in [-0.25, -0.2) is 4.98 Å². The van der Waals surface area contributed by atoms with E-state index >= 15 is 0 Å². The first-order valence-corrected chi connectivity index (χ1v) is 5.63. The molecule has 4 heteroatoms. The van der Waals surface area contributed by atoms with Crippen LogP contribution in [0.1, 0.15) is 11.4 Å². The Morgan fingerprint density at radius 1 is 1.43 bits per heavy atom. The molecule has 72 valence electrons. The number of aromatic nitrogens is 2. The van der Waals surface area contributed by atoms with E-state index in [4.69, 9.17) is 12.2 Å². The first kappa shape index (κ1) is 9.55. The summed E-state index contributed by atoms with van der Waals surface area (Å²) in [5.41, 5.74) is 4.01. The van der Waals surface area contributed by atoms with Crippen LogP contribution in [0.5, 0.6) is 0 Å². The number of aryl methyl sites for hydroxylation is 2. The first-order chi connectivity index (χ1) is 6.68. The Morgan fingerprint density at radius 3 is 2.86 bits per heavy atom. The molecule has 0 spiro atoms. The molecule has 2 rings (SSSR count). The minimum atomic E-state index is 0.714. The van der Waals surface area contributed by atoms with Crippen molar-refractivity contribution in [3.05, 3.63) is 32.9 Å². The van der Waals surface area contributed by atoms with Gasteiger partial charge >= 0.3 is 0 Å². The SMILES string of the molecule is Cc1nc(-c2ccsc2)c(=S)[nH]c1C. The zero-order chi connectivity index (χ0) is 10.1. The van der Waals surface area contributed by atoms with Crippen LogP contribution in [0, 0.1) is 18.5 Å². The average molecular weight is 222 g/mol. The maximum absolute atomic E-state index is 5.23. The van der Waals surface area contributed by atoms with Crippen LogP contribution < -0.4 is 0 Å². The highest BCUT2D eigenvalue weighted by molar-refractivity contribution is 7.71. The van der Waals surface area contributed by atoms with E-state index in [-0.39, 0.29) is 0 Å². The molecule has 0 aromatic carbocycles. The van der Waals surface area contributed by atoms with E-state index in [2.05, 4.69) is 15.3 Å². The zero-order valence-electron chi connectivity index (χ0n) is 8.00. The fourth-order valence-corrected chi connectivity index (χ4v) is 2.17. The molecule has 0 saturated heterocycles. The molecule has 0 atom stereocenters. The predicted molar refractivity (Wildman–Crippen MR) is 62.2 cm³/mol. The minimum Gasteiger partial charge on any atom is -0.347 e. The van der Waals surface area contributed by atoms with Gasteiger partial charge in [0.2, 0.25) is 0 Å². The Labute approximate surface area is 91.7 Å². The maximum atomic E-state index is 5.23. The van der Waals surface area contributed by atoms with Gasteiger partial charge in [0, 0.05) is 16.6 Å². The van der Waals surface area contributed by atoms with Crippen molar-refractivity contribution in [2.45, 2.75) is 13.8 Å². The second kappa shape index (κ2) is 3.63. The van der Waals surface area contributed by atoms with Gasteiger partial charge in [-0.1, -0.05) is 12.2 Å². The average Bonchev–Trinajstić information content (AvgIpc) is 2.64. The number of hydrogen-bond acceptors (Lipinski definition) is 3. The number of rotatable bonds is 1. The van der Waals surface area contributed by atoms with Crippen molar-refractivity contribution in [1.29, 1.82) is 0 Å². The van der Waals surface area contributed by atoms with Crippen molar-refractivity contribution < 1.29 is 0 Å². The maximum Gasteiger partial charge on any atom is 0.130 e. The number of thiophene rings is 1. The first-order valence-electron chi connectivity index (χ1n) is 4.28. The van der Waals surface area contributed by atoms with Crippen molar-refractivity contribution in [2.75, 3.05) is 0 Å².